The van der Waals surface area contributed by atoms with Gasteiger partial charge in [0.15, 0.2) is 5.79 Å². The van der Waals surface area contributed by atoms with Gasteiger partial charge in [-0.3, -0.25) is 0 Å². The monoisotopic (exact) mass is 472 g/mol. The Morgan fingerprint density at radius 2 is 2.00 bits per heavy atom. The molecule has 4 atom stereocenters. The molecular formula is C29H44O5. The lowest BCUT2D eigenvalue weighted by Gasteiger charge is -2.41. The fraction of sp³-hybridized carbons (Fsp3) is 0.690. The van der Waals surface area contributed by atoms with E-state index in [0.29, 0.717) is 24.3 Å². The second kappa shape index (κ2) is 10.5. The maximum atomic E-state index is 12.3. The molecule has 0 aliphatic heterocycles. The molecule has 3 aliphatic carbocycles. The van der Waals surface area contributed by atoms with E-state index in [1.807, 2.05) is 26.8 Å². The van der Waals surface area contributed by atoms with Gasteiger partial charge in [-0.25, -0.2) is 4.79 Å². The molecule has 0 aromatic heterocycles. The van der Waals surface area contributed by atoms with Crippen molar-refractivity contribution in [2.45, 2.75) is 110 Å². The van der Waals surface area contributed by atoms with Gasteiger partial charge in [0.2, 0.25) is 0 Å². The van der Waals surface area contributed by atoms with Crippen molar-refractivity contribution in [1.29, 1.82) is 0 Å². The molecule has 34 heavy (non-hydrogen) atoms. The van der Waals surface area contributed by atoms with Crippen LogP contribution in [0.5, 0.6) is 0 Å². The predicted molar refractivity (Wildman–Crippen MR) is 135 cm³/mol. The van der Waals surface area contributed by atoms with E-state index in [1.54, 1.807) is 5.57 Å². The largest absolute Gasteiger partial charge is 0.458 e. The number of hydrogen-bond donors (Lipinski definition) is 2. The van der Waals surface area contributed by atoms with Crippen LogP contribution in [-0.4, -0.2) is 40.3 Å². The minimum Gasteiger partial charge on any atom is -0.458 e. The van der Waals surface area contributed by atoms with E-state index in [9.17, 15) is 15.0 Å². The summed E-state index contributed by atoms with van der Waals surface area (Å²) in [6, 6.07) is 0. The Hall–Kier alpha value is -1.69. The summed E-state index contributed by atoms with van der Waals surface area (Å²) in [4.78, 5) is 12.3. The minimum absolute atomic E-state index is 0.0175. The van der Waals surface area contributed by atoms with Gasteiger partial charge in [0.05, 0.1) is 6.10 Å². The molecular weight excluding hydrogens is 428 g/mol. The average molecular weight is 473 g/mol. The van der Waals surface area contributed by atoms with Crippen LogP contribution < -0.4 is 0 Å². The highest BCUT2D eigenvalue weighted by molar-refractivity contribution is 5.71. The maximum Gasteiger partial charge on any atom is 0.332 e. The Labute approximate surface area is 205 Å². The highest BCUT2D eigenvalue weighted by Crippen LogP contribution is 2.55. The fourth-order valence-electron chi connectivity index (χ4n) is 5.95. The van der Waals surface area contributed by atoms with Crippen LogP contribution in [0.1, 0.15) is 92.4 Å². The summed E-state index contributed by atoms with van der Waals surface area (Å²) in [5.74, 6) is -1.62. The van der Waals surface area contributed by atoms with E-state index < -0.39 is 23.5 Å². The average Bonchev–Trinajstić information content (AvgIpc) is 3.15. The number of carbonyl (C=O) groups excluding carboxylic acids is 1. The summed E-state index contributed by atoms with van der Waals surface area (Å²) < 4.78 is 11.2. The van der Waals surface area contributed by atoms with Crippen molar-refractivity contribution in [3.8, 4) is 0 Å². The number of aliphatic hydroxyl groups is 2. The molecule has 0 saturated heterocycles. The highest BCUT2D eigenvalue weighted by Gasteiger charge is 2.44. The van der Waals surface area contributed by atoms with Crippen LogP contribution in [0.15, 0.2) is 47.1 Å². The quantitative estimate of drug-likeness (QED) is 0.260. The zero-order chi connectivity index (χ0) is 25.1. The van der Waals surface area contributed by atoms with Crippen LogP contribution in [0, 0.1) is 11.3 Å². The number of fused-ring (bicyclic) bond motifs is 1. The van der Waals surface area contributed by atoms with E-state index in [4.69, 9.17) is 9.47 Å². The third-order valence-electron chi connectivity index (χ3n) is 8.70. The van der Waals surface area contributed by atoms with Crippen molar-refractivity contribution < 1.29 is 24.5 Å². The second-order valence-electron chi connectivity index (χ2n) is 10.9. The van der Waals surface area contributed by atoms with Crippen LogP contribution in [0.2, 0.25) is 0 Å². The molecule has 0 amide bonds. The third-order valence-corrected chi connectivity index (χ3v) is 8.70. The molecule has 0 spiro atoms. The van der Waals surface area contributed by atoms with Gasteiger partial charge in [-0.05, 0) is 74.3 Å². The van der Waals surface area contributed by atoms with E-state index in [-0.39, 0.29) is 24.9 Å². The second-order valence-corrected chi connectivity index (χ2v) is 10.9. The summed E-state index contributed by atoms with van der Waals surface area (Å²) in [6.45, 7) is 14.2. The van der Waals surface area contributed by atoms with Crippen LogP contribution in [-0.2, 0) is 14.3 Å². The molecule has 0 radical (unpaired) electrons. The smallest absolute Gasteiger partial charge is 0.332 e. The van der Waals surface area contributed by atoms with Gasteiger partial charge in [0, 0.05) is 12.8 Å². The lowest BCUT2D eigenvalue weighted by atomic mass is 9.64. The Morgan fingerprint density at radius 1 is 1.29 bits per heavy atom. The van der Waals surface area contributed by atoms with Gasteiger partial charge < -0.3 is 19.7 Å². The van der Waals surface area contributed by atoms with Gasteiger partial charge in [0.25, 0.3) is 0 Å². The molecule has 1 unspecified atom stereocenters. The molecule has 3 aliphatic rings. The fourth-order valence-corrected chi connectivity index (χ4v) is 5.95. The van der Waals surface area contributed by atoms with Crippen LogP contribution >= 0.6 is 0 Å². The summed E-state index contributed by atoms with van der Waals surface area (Å²) >= 11 is 0. The molecule has 5 heteroatoms. The molecule has 3 rings (SSSR count). The van der Waals surface area contributed by atoms with E-state index in [2.05, 4.69) is 32.6 Å². The topological polar surface area (TPSA) is 76.0 Å². The normalized spacial score (nSPS) is 34.3. The van der Waals surface area contributed by atoms with Gasteiger partial charge in [-0.1, -0.05) is 63.6 Å². The van der Waals surface area contributed by atoms with Crippen molar-refractivity contribution in [2.24, 2.45) is 11.3 Å². The van der Waals surface area contributed by atoms with E-state index >= 15 is 0 Å². The van der Waals surface area contributed by atoms with Crippen molar-refractivity contribution in [2.75, 3.05) is 6.61 Å². The molecule has 2 N–H and O–H groups in total. The van der Waals surface area contributed by atoms with Crippen LogP contribution in [0.25, 0.3) is 0 Å². The number of rotatable bonds is 8. The Kier molecular flexibility index (Phi) is 8.32. The Balaban J connectivity index is 1.71. The zero-order valence-electron chi connectivity index (χ0n) is 21.8. The van der Waals surface area contributed by atoms with Gasteiger partial charge >= 0.3 is 5.97 Å². The SMILES string of the molecule is C=C1C(=CC=C2CCC[C@]3(C)C(CC)=CC[C@@H]23)C[C@@](O)(OCC(=O)OC(C)(CC)CC)CC1O. The molecule has 0 bridgehead atoms. The first-order valence-corrected chi connectivity index (χ1v) is 13.0. The molecule has 5 nitrogen and oxygen atoms in total. The number of aliphatic hydroxyl groups excluding tert-OH is 1. The molecule has 0 aromatic carbocycles. The first-order chi connectivity index (χ1) is 16.0. The number of esters is 1. The van der Waals surface area contributed by atoms with Gasteiger partial charge in [0.1, 0.15) is 12.2 Å². The number of hydrogen-bond acceptors (Lipinski definition) is 5. The van der Waals surface area contributed by atoms with E-state index in [1.165, 1.54) is 18.4 Å². The van der Waals surface area contributed by atoms with Gasteiger partial charge in [-0.2, -0.15) is 0 Å². The number of ether oxygens (including phenoxy) is 2. The lowest BCUT2D eigenvalue weighted by molar-refractivity contribution is -0.229. The number of allylic oxidation sites excluding steroid dienone is 5. The molecule has 190 valence electrons. The third kappa shape index (κ3) is 5.58. The highest BCUT2D eigenvalue weighted by atomic mass is 16.6. The molecule has 0 aromatic rings. The van der Waals surface area contributed by atoms with Crippen LogP contribution in [0.4, 0.5) is 0 Å². The number of carbonyl (C=O) groups is 1. The maximum absolute atomic E-state index is 12.3. The van der Waals surface area contributed by atoms with E-state index in [0.717, 1.165) is 24.8 Å². The Bertz CT molecular complexity index is 877. The first kappa shape index (κ1) is 26.9. The summed E-state index contributed by atoms with van der Waals surface area (Å²) in [6.07, 6.45) is 12.9. The van der Waals surface area contributed by atoms with Crippen LogP contribution in [0.3, 0.4) is 0 Å². The summed E-state index contributed by atoms with van der Waals surface area (Å²) in [5.41, 5.74) is 4.08. The molecule has 2 saturated carbocycles. The van der Waals surface area contributed by atoms with Crippen molar-refractivity contribution in [3.05, 3.63) is 47.1 Å². The van der Waals surface area contributed by atoms with Gasteiger partial charge in [-0.15, -0.1) is 0 Å². The van der Waals surface area contributed by atoms with Crippen molar-refractivity contribution in [3.63, 3.8) is 0 Å². The summed E-state index contributed by atoms with van der Waals surface area (Å²) in [5, 5.41) is 21.7. The standard InChI is InChI=1S/C29H44O5/c1-7-23-14-15-24-21(11-10-16-28(23,24)6)12-13-22-17-29(32,18-25(30)20(22)4)33-19-26(31)34-27(5,8-2)9-3/h12-14,24-25,30,32H,4,7-11,15-19H2,1-3,5-6H3/t24-,25?,28+,29+/m0/s1. The first-order valence-electron chi connectivity index (χ1n) is 13.0. The zero-order valence-corrected chi connectivity index (χ0v) is 21.8. The Morgan fingerprint density at radius 3 is 2.65 bits per heavy atom. The predicted octanol–water partition coefficient (Wildman–Crippen LogP) is 5.92. The van der Waals surface area contributed by atoms with Crippen molar-refractivity contribution in [1.82, 2.24) is 0 Å². The molecule has 2 fully saturated rings. The minimum atomic E-state index is -1.63. The van der Waals surface area contributed by atoms with Crippen molar-refractivity contribution >= 4 is 5.97 Å². The lowest BCUT2D eigenvalue weighted by Crippen LogP contribution is -2.44. The molecule has 0 heterocycles. The summed E-state index contributed by atoms with van der Waals surface area (Å²) in [7, 11) is 0.